The first-order chi connectivity index (χ1) is 10.7. The van der Waals surface area contributed by atoms with Crippen LogP contribution in [0.3, 0.4) is 0 Å². The third-order valence-electron chi connectivity index (χ3n) is 3.85. The highest BCUT2D eigenvalue weighted by Gasteiger charge is 2.41. The lowest BCUT2D eigenvalue weighted by Gasteiger charge is -2.28. The van der Waals surface area contributed by atoms with E-state index in [1.807, 2.05) is 0 Å². The fourth-order valence-electron chi connectivity index (χ4n) is 2.22. The van der Waals surface area contributed by atoms with Crippen LogP contribution in [0.4, 0.5) is 0 Å². The highest BCUT2D eigenvalue weighted by atomic mass is 28.4. The van der Waals surface area contributed by atoms with Gasteiger partial charge in [0.25, 0.3) is 0 Å². The Labute approximate surface area is 133 Å². The summed E-state index contributed by atoms with van der Waals surface area (Å²) < 4.78 is 38.3. The van der Waals surface area contributed by atoms with Gasteiger partial charge < -0.3 is 32.2 Å². The molecule has 0 aliphatic carbocycles. The lowest BCUT2D eigenvalue weighted by molar-refractivity contribution is 0.0219. The Bertz CT molecular complexity index is 297. The minimum Gasteiger partial charge on any atom is -0.379 e. The van der Waals surface area contributed by atoms with Crippen LogP contribution < -0.4 is 0 Å². The van der Waals surface area contributed by atoms with E-state index in [0.29, 0.717) is 32.0 Å². The van der Waals surface area contributed by atoms with Crippen LogP contribution in [-0.4, -0.2) is 81.5 Å². The summed E-state index contributed by atoms with van der Waals surface area (Å²) in [6, 6.07) is 0.634. The molecule has 2 heterocycles. The van der Waals surface area contributed by atoms with E-state index in [2.05, 4.69) is 0 Å². The van der Waals surface area contributed by atoms with Gasteiger partial charge in [0.05, 0.1) is 32.5 Å². The second kappa shape index (κ2) is 9.29. The van der Waals surface area contributed by atoms with Gasteiger partial charge in [0.15, 0.2) is 0 Å². The zero-order valence-electron chi connectivity index (χ0n) is 13.7. The van der Waals surface area contributed by atoms with Gasteiger partial charge in [0.1, 0.15) is 12.2 Å². The summed E-state index contributed by atoms with van der Waals surface area (Å²) in [6.07, 6.45) is 2.38. The van der Waals surface area contributed by atoms with Gasteiger partial charge in [0.2, 0.25) is 0 Å². The minimum atomic E-state index is -2.64. The van der Waals surface area contributed by atoms with E-state index in [1.54, 1.807) is 21.3 Å². The third kappa shape index (κ3) is 6.59. The average molecular weight is 336 g/mol. The molecule has 2 saturated heterocycles. The maximum Gasteiger partial charge on any atom is 0.502 e. The summed E-state index contributed by atoms with van der Waals surface area (Å²) in [5.41, 5.74) is 0. The molecule has 22 heavy (non-hydrogen) atoms. The van der Waals surface area contributed by atoms with Crippen molar-refractivity contribution in [1.82, 2.24) is 0 Å². The standard InChI is InChI=1S/C14H28O7Si/c1-15-22(16-2,17-3)11-12(19-9-14-10-21-14)5-4-6-18-7-13-8-20-13/h12-14H,4-11H2,1-3H3. The molecule has 0 saturated carbocycles. The number of hydrogen-bond donors (Lipinski definition) is 0. The fourth-order valence-corrected chi connectivity index (χ4v) is 4.10. The number of rotatable bonds is 14. The highest BCUT2D eigenvalue weighted by Crippen LogP contribution is 2.22. The molecule has 2 aliphatic rings. The topological polar surface area (TPSA) is 71.2 Å². The molecule has 3 atom stereocenters. The lowest BCUT2D eigenvalue weighted by atomic mass is 10.2. The van der Waals surface area contributed by atoms with Gasteiger partial charge in [0, 0.05) is 34.0 Å². The molecule has 2 fully saturated rings. The van der Waals surface area contributed by atoms with Crippen molar-refractivity contribution in [3.05, 3.63) is 0 Å². The van der Waals surface area contributed by atoms with Gasteiger partial charge in [-0.05, 0) is 12.8 Å². The molecule has 130 valence electrons. The molecular weight excluding hydrogens is 308 g/mol. The largest absolute Gasteiger partial charge is 0.502 e. The van der Waals surface area contributed by atoms with Crippen molar-refractivity contribution in [2.24, 2.45) is 0 Å². The van der Waals surface area contributed by atoms with Crippen LogP contribution in [0.15, 0.2) is 0 Å². The predicted molar refractivity (Wildman–Crippen MR) is 80.9 cm³/mol. The molecule has 0 aromatic rings. The first kappa shape index (κ1) is 18.3. The molecular formula is C14H28O7Si. The van der Waals surface area contributed by atoms with Crippen LogP contribution >= 0.6 is 0 Å². The first-order valence-electron chi connectivity index (χ1n) is 7.79. The second-order valence-electron chi connectivity index (χ2n) is 5.58. The van der Waals surface area contributed by atoms with Crippen LogP contribution in [0.25, 0.3) is 0 Å². The Balaban J connectivity index is 1.70. The summed E-state index contributed by atoms with van der Waals surface area (Å²) in [7, 11) is 2.24. The van der Waals surface area contributed by atoms with Crippen molar-refractivity contribution < 1.29 is 32.2 Å². The quantitative estimate of drug-likeness (QED) is 0.264. The van der Waals surface area contributed by atoms with Crippen LogP contribution in [0, 0.1) is 0 Å². The van der Waals surface area contributed by atoms with Crippen LogP contribution in [-0.2, 0) is 32.2 Å². The molecule has 0 amide bonds. The van der Waals surface area contributed by atoms with Crippen molar-refractivity contribution in [3.63, 3.8) is 0 Å². The smallest absolute Gasteiger partial charge is 0.379 e. The molecule has 0 N–H and O–H groups in total. The molecule has 8 heteroatoms. The van der Waals surface area contributed by atoms with E-state index in [1.165, 1.54) is 0 Å². The Morgan fingerprint density at radius 2 is 1.59 bits per heavy atom. The Hall–Kier alpha value is -0.0631. The van der Waals surface area contributed by atoms with Gasteiger partial charge in [-0.25, -0.2) is 0 Å². The molecule has 0 aromatic carbocycles. The van der Waals surface area contributed by atoms with E-state index < -0.39 is 8.80 Å². The van der Waals surface area contributed by atoms with Crippen molar-refractivity contribution in [2.75, 3.05) is 54.4 Å². The van der Waals surface area contributed by atoms with Gasteiger partial charge in [-0.1, -0.05) is 0 Å². The van der Waals surface area contributed by atoms with Crippen molar-refractivity contribution in [3.8, 4) is 0 Å². The SMILES string of the molecule is CO[Si](CC(CCCOCC1CO1)OCC1CO1)(OC)OC. The van der Waals surface area contributed by atoms with Crippen molar-refractivity contribution in [2.45, 2.75) is 37.2 Å². The number of ether oxygens (including phenoxy) is 4. The van der Waals surface area contributed by atoms with Crippen molar-refractivity contribution in [1.29, 1.82) is 0 Å². The molecule has 0 spiro atoms. The summed E-state index contributed by atoms with van der Waals surface area (Å²) in [5.74, 6) is 0. The molecule has 0 radical (unpaired) electrons. The van der Waals surface area contributed by atoms with Crippen LogP contribution in [0.1, 0.15) is 12.8 Å². The van der Waals surface area contributed by atoms with Gasteiger partial charge in [-0.2, -0.15) is 0 Å². The van der Waals surface area contributed by atoms with Gasteiger partial charge >= 0.3 is 8.80 Å². The number of epoxide rings is 2. The molecule has 7 nitrogen and oxygen atoms in total. The third-order valence-corrected chi connectivity index (χ3v) is 6.67. The lowest BCUT2D eigenvalue weighted by Crippen LogP contribution is -2.46. The summed E-state index contributed by atoms with van der Waals surface area (Å²) >= 11 is 0. The normalized spacial score (nSPS) is 25.2. The van der Waals surface area contributed by atoms with Crippen LogP contribution in [0.5, 0.6) is 0 Å². The van der Waals surface area contributed by atoms with E-state index in [0.717, 1.165) is 26.1 Å². The zero-order chi connectivity index (χ0) is 15.8. The average Bonchev–Trinajstić information content (AvgIpc) is 3.43. The molecule has 0 bridgehead atoms. The second-order valence-corrected chi connectivity index (χ2v) is 8.58. The molecule has 2 rings (SSSR count). The van der Waals surface area contributed by atoms with E-state index in [-0.39, 0.29) is 12.2 Å². The first-order valence-corrected chi connectivity index (χ1v) is 9.72. The number of hydrogen-bond acceptors (Lipinski definition) is 7. The van der Waals surface area contributed by atoms with E-state index >= 15 is 0 Å². The molecule has 0 aromatic heterocycles. The Morgan fingerprint density at radius 3 is 2.14 bits per heavy atom. The maximum atomic E-state index is 5.96. The monoisotopic (exact) mass is 336 g/mol. The summed E-state index contributed by atoms with van der Waals surface area (Å²) in [4.78, 5) is 0. The van der Waals surface area contributed by atoms with Crippen molar-refractivity contribution >= 4 is 8.80 Å². The van der Waals surface area contributed by atoms with Gasteiger partial charge in [-0.3, -0.25) is 0 Å². The minimum absolute atomic E-state index is 0.0245. The summed E-state index contributed by atoms with van der Waals surface area (Å²) in [5, 5.41) is 0. The van der Waals surface area contributed by atoms with E-state index in [9.17, 15) is 0 Å². The highest BCUT2D eigenvalue weighted by molar-refractivity contribution is 6.60. The maximum absolute atomic E-state index is 5.96. The fraction of sp³-hybridized carbons (Fsp3) is 1.00. The Morgan fingerprint density at radius 1 is 1.00 bits per heavy atom. The van der Waals surface area contributed by atoms with Gasteiger partial charge in [-0.15, -0.1) is 0 Å². The van der Waals surface area contributed by atoms with E-state index in [4.69, 9.17) is 32.2 Å². The zero-order valence-corrected chi connectivity index (χ0v) is 14.7. The summed E-state index contributed by atoms with van der Waals surface area (Å²) in [6.45, 7) is 3.63. The van der Waals surface area contributed by atoms with Crippen LogP contribution in [0.2, 0.25) is 6.04 Å². The Kier molecular flexibility index (Phi) is 7.71. The molecule has 2 aliphatic heterocycles. The molecule has 3 unspecified atom stereocenters. The predicted octanol–water partition coefficient (Wildman–Crippen LogP) is 0.844.